The van der Waals surface area contributed by atoms with E-state index in [9.17, 15) is 14.0 Å². The third-order valence-corrected chi connectivity index (χ3v) is 2.67. The molecule has 2 aromatic carbocycles. The number of carbonyl (C=O) groups excluding carboxylic acids is 2. The highest BCUT2D eigenvalue weighted by Crippen LogP contribution is 2.13. The Balaban J connectivity index is 2.01. The van der Waals surface area contributed by atoms with Gasteiger partial charge in [0.2, 0.25) is 0 Å². The van der Waals surface area contributed by atoms with Crippen LogP contribution in [0.4, 0.5) is 15.8 Å². The van der Waals surface area contributed by atoms with Gasteiger partial charge >= 0.3 is 11.8 Å². The summed E-state index contributed by atoms with van der Waals surface area (Å²) in [5.74, 6) is -2.10. The van der Waals surface area contributed by atoms with E-state index in [1.807, 2.05) is 0 Å². The van der Waals surface area contributed by atoms with E-state index in [2.05, 4.69) is 10.6 Å². The number of hydrogen-bond donors (Lipinski definition) is 2. The van der Waals surface area contributed by atoms with E-state index in [-0.39, 0.29) is 5.69 Å². The number of para-hydroxylation sites is 1. The molecule has 0 fully saturated rings. The van der Waals surface area contributed by atoms with Crippen LogP contribution in [0, 0.1) is 12.7 Å². The molecule has 0 aliphatic carbocycles. The molecule has 0 bridgehead atoms. The van der Waals surface area contributed by atoms with Crippen LogP contribution in [0.5, 0.6) is 0 Å². The van der Waals surface area contributed by atoms with Gasteiger partial charge in [0.05, 0.1) is 0 Å². The average Bonchev–Trinajstić information content (AvgIpc) is 2.44. The van der Waals surface area contributed by atoms with Crippen molar-refractivity contribution < 1.29 is 14.0 Å². The number of carbonyl (C=O) groups is 2. The van der Waals surface area contributed by atoms with Gasteiger partial charge in [0.25, 0.3) is 0 Å². The van der Waals surface area contributed by atoms with Crippen LogP contribution in [0.15, 0.2) is 48.5 Å². The summed E-state index contributed by atoms with van der Waals surface area (Å²) < 4.78 is 13.3. The first-order chi connectivity index (χ1) is 9.56. The van der Waals surface area contributed by atoms with Crippen LogP contribution in [-0.4, -0.2) is 11.8 Å². The number of aryl methyl sites for hydroxylation is 1. The largest absolute Gasteiger partial charge is 0.318 e. The molecule has 0 heterocycles. The predicted molar refractivity (Wildman–Crippen MR) is 74.8 cm³/mol. The molecule has 5 heteroatoms. The molecular formula is C15H13FN2O2. The quantitative estimate of drug-likeness (QED) is 0.826. The Morgan fingerprint density at radius 1 is 0.900 bits per heavy atom. The van der Waals surface area contributed by atoms with E-state index < -0.39 is 17.6 Å². The molecule has 0 atom stereocenters. The first kappa shape index (κ1) is 13.7. The van der Waals surface area contributed by atoms with Crippen LogP contribution >= 0.6 is 0 Å². The summed E-state index contributed by atoms with van der Waals surface area (Å²) in [7, 11) is 0. The standard InChI is InChI=1S/C15H13FN2O2/c1-10-7-8-12(9-13(10)16)18-15(20)14(19)17-11-5-3-2-4-6-11/h2-9H,1H3,(H,17,19)(H,18,20). The molecule has 0 radical (unpaired) electrons. The van der Waals surface area contributed by atoms with Crippen molar-refractivity contribution in [2.24, 2.45) is 0 Å². The highest BCUT2D eigenvalue weighted by atomic mass is 19.1. The number of nitrogens with one attached hydrogen (secondary N) is 2. The normalized spacial score (nSPS) is 9.90. The van der Waals surface area contributed by atoms with Crippen LogP contribution in [-0.2, 0) is 9.59 Å². The first-order valence-electron chi connectivity index (χ1n) is 6.00. The Morgan fingerprint density at radius 2 is 1.50 bits per heavy atom. The molecule has 2 amide bonds. The zero-order valence-corrected chi connectivity index (χ0v) is 10.8. The number of hydrogen-bond acceptors (Lipinski definition) is 2. The van der Waals surface area contributed by atoms with Crippen molar-refractivity contribution in [1.29, 1.82) is 0 Å². The second-order valence-electron chi connectivity index (χ2n) is 4.24. The monoisotopic (exact) mass is 272 g/mol. The van der Waals surface area contributed by atoms with E-state index in [1.165, 1.54) is 18.2 Å². The maximum atomic E-state index is 13.3. The van der Waals surface area contributed by atoms with E-state index in [0.717, 1.165) is 0 Å². The average molecular weight is 272 g/mol. The van der Waals surface area contributed by atoms with E-state index in [0.29, 0.717) is 11.3 Å². The van der Waals surface area contributed by atoms with Gasteiger partial charge < -0.3 is 10.6 Å². The van der Waals surface area contributed by atoms with Gasteiger partial charge in [0.15, 0.2) is 0 Å². The lowest BCUT2D eigenvalue weighted by atomic mass is 10.2. The molecule has 0 saturated carbocycles. The van der Waals surface area contributed by atoms with Crippen molar-refractivity contribution in [3.8, 4) is 0 Å². The fourth-order valence-corrected chi connectivity index (χ4v) is 1.57. The molecular weight excluding hydrogens is 259 g/mol. The van der Waals surface area contributed by atoms with Gasteiger partial charge in [0, 0.05) is 11.4 Å². The molecule has 0 aromatic heterocycles. The minimum absolute atomic E-state index is 0.237. The summed E-state index contributed by atoms with van der Waals surface area (Å²) in [6, 6.07) is 12.8. The molecule has 2 N–H and O–H groups in total. The Morgan fingerprint density at radius 3 is 2.10 bits per heavy atom. The van der Waals surface area contributed by atoms with Crippen LogP contribution in [0.3, 0.4) is 0 Å². The van der Waals surface area contributed by atoms with E-state index in [1.54, 1.807) is 37.3 Å². The van der Waals surface area contributed by atoms with Crippen LogP contribution in [0.1, 0.15) is 5.56 Å². The summed E-state index contributed by atoms with van der Waals surface area (Å²) in [5.41, 5.74) is 1.22. The minimum atomic E-state index is -0.850. The third-order valence-electron chi connectivity index (χ3n) is 2.67. The summed E-state index contributed by atoms with van der Waals surface area (Å²) in [5, 5.41) is 4.78. The highest BCUT2D eigenvalue weighted by Gasteiger charge is 2.14. The number of benzene rings is 2. The maximum Gasteiger partial charge on any atom is 0.314 e. The number of amides is 2. The SMILES string of the molecule is Cc1ccc(NC(=O)C(=O)Nc2ccccc2)cc1F. The molecule has 2 rings (SSSR count). The lowest BCUT2D eigenvalue weighted by Crippen LogP contribution is -2.29. The smallest absolute Gasteiger partial charge is 0.314 e. The first-order valence-corrected chi connectivity index (χ1v) is 6.00. The summed E-state index contributed by atoms with van der Waals surface area (Å²) >= 11 is 0. The lowest BCUT2D eigenvalue weighted by Gasteiger charge is -2.07. The van der Waals surface area contributed by atoms with Crippen molar-refractivity contribution in [1.82, 2.24) is 0 Å². The van der Waals surface area contributed by atoms with Crippen molar-refractivity contribution >= 4 is 23.2 Å². The molecule has 0 spiro atoms. The Kier molecular flexibility index (Phi) is 4.10. The van der Waals surface area contributed by atoms with Gasteiger partial charge in [-0.15, -0.1) is 0 Å². The maximum absolute atomic E-state index is 13.3. The van der Waals surface area contributed by atoms with Crippen molar-refractivity contribution in [2.75, 3.05) is 10.6 Å². The topological polar surface area (TPSA) is 58.2 Å². The van der Waals surface area contributed by atoms with E-state index in [4.69, 9.17) is 0 Å². The minimum Gasteiger partial charge on any atom is -0.318 e. The summed E-state index contributed by atoms with van der Waals surface area (Å²) in [4.78, 5) is 23.3. The van der Waals surface area contributed by atoms with Crippen molar-refractivity contribution in [2.45, 2.75) is 6.92 Å². The molecule has 20 heavy (non-hydrogen) atoms. The Bertz CT molecular complexity index is 642. The third kappa shape index (κ3) is 3.41. The summed E-state index contributed by atoms with van der Waals surface area (Å²) in [6.07, 6.45) is 0. The molecule has 0 aliphatic heterocycles. The molecule has 102 valence electrons. The summed E-state index contributed by atoms with van der Waals surface area (Å²) in [6.45, 7) is 1.61. The fraction of sp³-hybridized carbons (Fsp3) is 0.0667. The van der Waals surface area contributed by atoms with Gasteiger partial charge in [-0.1, -0.05) is 24.3 Å². The van der Waals surface area contributed by atoms with Gasteiger partial charge in [-0.2, -0.15) is 0 Å². The Labute approximate surface area is 115 Å². The molecule has 0 unspecified atom stereocenters. The second kappa shape index (κ2) is 5.97. The number of rotatable bonds is 2. The van der Waals surface area contributed by atoms with Crippen molar-refractivity contribution in [3.05, 3.63) is 59.9 Å². The zero-order chi connectivity index (χ0) is 14.5. The fourth-order valence-electron chi connectivity index (χ4n) is 1.57. The Hall–Kier alpha value is -2.69. The van der Waals surface area contributed by atoms with Crippen molar-refractivity contribution in [3.63, 3.8) is 0 Å². The molecule has 0 aliphatic rings. The van der Waals surface area contributed by atoms with Crippen LogP contribution < -0.4 is 10.6 Å². The highest BCUT2D eigenvalue weighted by molar-refractivity contribution is 6.43. The van der Waals surface area contributed by atoms with E-state index >= 15 is 0 Å². The van der Waals surface area contributed by atoms with Gasteiger partial charge in [-0.3, -0.25) is 9.59 Å². The zero-order valence-electron chi connectivity index (χ0n) is 10.8. The van der Waals surface area contributed by atoms with Gasteiger partial charge in [-0.25, -0.2) is 4.39 Å². The van der Waals surface area contributed by atoms with Crippen LogP contribution in [0.2, 0.25) is 0 Å². The lowest BCUT2D eigenvalue weighted by molar-refractivity contribution is -0.133. The molecule has 2 aromatic rings. The number of anilines is 2. The molecule has 0 saturated heterocycles. The second-order valence-corrected chi connectivity index (χ2v) is 4.24. The molecule has 4 nitrogen and oxygen atoms in total. The van der Waals surface area contributed by atoms with Gasteiger partial charge in [-0.05, 0) is 36.8 Å². The number of halogens is 1. The predicted octanol–water partition coefficient (Wildman–Crippen LogP) is 2.71. The van der Waals surface area contributed by atoms with Gasteiger partial charge in [0.1, 0.15) is 5.82 Å². The van der Waals surface area contributed by atoms with Crippen LogP contribution in [0.25, 0.3) is 0 Å².